The average molecular weight is 319 g/mol. The molecule has 0 saturated heterocycles. The zero-order valence-corrected chi connectivity index (χ0v) is 12.4. The molecule has 1 aromatic rings. The van der Waals surface area contributed by atoms with Crippen LogP contribution in [0.2, 0.25) is 0 Å². The molecule has 0 spiro atoms. The van der Waals surface area contributed by atoms with Crippen molar-refractivity contribution in [2.75, 3.05) is 6.54 Å². The van der Waals surface area contributed by atoms with Gasteiger partial charge in [-0.2, -0.15) is 4.39 Å². The van der Waals surface area contributed by atoms with Gasteiger partial charge in [-0.25, -0.2) is 9.18 Å². The summed E-state index contributed by atoms with van der Waals surface area (Å²) in [6, 6.07) is 1.44. The van der Waals surface area contributed by atoms with E-state index < -0.39 is 41.3 Å². The number of nitrogens with one attached hydrogen (secondary N) is 1. The van der Waals surface area contributed by atoms with Crippen LogP contribution in [-0.4, -0.2) is 39.7 Å². The number of hydrogen-bond acceptors (Lipinski definition) is 5. The summed E-state index contributed by atoms with van der Waals surface area (Å²) in [5, 5.41) is 31.0. The van der Waals surface area contributed by atoms with E-state index in [9.17, 15) is 23.8 Å². The number of carbonyl (C=O) groups excluding carboxylic acids is 1. The molecule has 0 aliphatic rings. The highest BCUT2D eigenvalue weighted by atomic mass is 19.2. The number of benzene rings is 1. The van der Waals surface area contributed by atoms with Crippen LogP contribution in [0.1, 0.15) is 32.4 Å². The van der Waals surface area contributed by atoms with Crippen LogP contribution in [-0.2, 0) is 4.74 Å². The van der Waals surface area contributed by atoms with Crippen LogP contribution in [0.3, 0.4) is 0 Å². The van der Waals surface area contributed by atoms with Gasteiger partial charge in [0.1, 0.15) is 17.8 Å². The number of aromatic hydroxyl groups is 1. The lowest BCUT2D eigenvalue weighted by Crippen LogP contribution is -2.38. The molecule has 4 N–H and O–H groups in total. The van der Waals surface area contributed by atoms with E-state index in [4.69, 9.17) is 9.84 Å². The molecule has 0 saturated carbocycles. The van der Waals surface area contributed by atoms with Gasteiger partial charge in [-0.15, -0.1) is 0 Å². The van der Waals surface area contributed by atoms with E-state index in [0.717, 1.165) is 6.07 Å². The van der Waals surface area contributed by atoms with Crippen molar-refractivity contribution < 1.29 is 33.6 Å². The molecule has 0 aromatic heterocycles. The molecule has 22 heavy (non-hydrogen) atoms. The second kappa shape index (κ2) is 6.89. The Morgan fingerprint density at radius 2 is 1.91 bits per heavy atom. The van der Waals surface area contributed by atoms with Crippen LogP contribution in [0.25, 0.3) is 0 Å². The van der Waals surface area contributed by atoms with Crippen LogP contribution < -0.4 is 5.32 Å². The zero-order chi connectivity index (χ0) is 17.1. The summed E-state index contributed by atoms with van der Waals surface area (Å²) in [5.74, 6) is -3.79. The molecular weight excluding hydrogens is 300 g/mol. The Labute approximate surface area is 126 Å². The summed E-state index contributed by atoms with van der Waals surface area (Å²) in [6.45, 7) is 4.58. The molecule has 6 nitrogen and oxygen atoms in total. The van der Waals surface area contributed by atoms with Crippen LogP contribution in [0.15, 0.2) is 12.1 Å². The number of carbonyl (C=O) groups is 1. The van der Waals surface area contributed by atoms with Crippen molar-refractivity contribution in [3.8, 4) is 5.75 Å². The summed E-state index contributed by atoms with van der Waals surface area (Å²) in [4.78, 5) is 11.4. The first-order valence-electron chi connectivity index (χ1n) is 6.52. The topological polar surface area (TPSA) is 99.0 Å². The first kappa shape index (κ1) is 18.1. The number of phenolic OH excluding ortho intramolecular Hbond substituents is 1. The van der Waals surface area contributed by atoms with Gasteiger partial charge in [0.15, 0.2) is 17.4 Å². The lowest BCUT2D eigenvalue weighted by Gasteiger charge is -2.22. The molecular formula is C14H19F2NO5. The Kier molecular flexibility index (Phi) is 5.67. The highest BCUT2D eigenvalue weighted by Gasteiger charge is 2.23. The Morgan fingerprint density at radius 1 is 1.32 bits per heavy atom. The Bertz CT molecular complexity index is 522. The second-order valence-electron chi connectivity index (χ2n) is 5.73. The van der Waals surface area contributed by atoms with E-state index in [1.165, 1.54) is 0 Å². The summed E-state index contributed by atoms with van der Waals surface area (Å²) < 4.78 is 31.0. The number of hydrogen-bond donors (Lipinski definition) is 4. The minimum absolute atomic E-state index is 0.227. The van der Waals surface area contributed by atoms with E-state index in [1.807, 2.05) is 0 Å². The number of halogens is 2. The fourth-order valence-corrected chi connectivity index (χ4v) is 1.60. The number of aliphatic hydroxyl groups excluding tert-OH is 2. The van der Waals surface area contributed by atoms with Gasteiger partial charge in [0, 0.05) is 6.54 Å². The van der Waals surface area contributed by atoms with E-state index in [2.05, 4.69) is 5.32 Å². The quantitative estimate of drug-likeness (QED) is 0.675. The van der Waals surface area contributed by atoms with Gasteiger partial charge in [0.05, 0.1) is 0 Å². The van der Waals surface area contributed by atoms with E-state index in [0.29, 0.717) is 6.07 Å². The summed E-state index contributed by atoms with van der Waals surface area (Å²) in [6.07, 6.45) is -3.93. The summed E-state index contributed by atoms with van der Waals surface area (Å²) in [5.41, 5.74) is -0.950. The highest BCUT2D eigenvalue weighted by molar-refractivity contribution is 5.67. The smallest absolute Gasteiger partial charge is 0.407 e. The lowest BCUT2D eigenvalue weighted by molar-refractivity contribution is 0.0126. The molecule has 124 valence electrons. The van der Waals surface area contributed by atoms with Gasteiger partial charge in [0.25, 0.3) is 0 Å². The van der Waals surface area contributed by atoms with Gasteiger partial charge in [0.2, 0.25) is 0 Å². The van der Waals surface area contributed by atoms with E-state index >= 15 is 0 Å². The van der Waals surface area contributed by atoms with Crippen LogP contribution in [0.4, 0.5) is 13.6 Å². The highest BCUT2D eigenvalue weighted by Crippen LogP contribution is 2.26. The molecule has 1 amide bonds. The summed E-state index contributed by atoms with van der Waals surface area (Å²) in [7, 11) is 0. The predicted molar refractivity (Wildman–Crippen MR) is 73.2 cm³/mol. The van der Waals surface area contributed by atoms with E-state index in [1.54, 1.807) is 20.8 Å². The first-order valence-corrected chi connectivity index (χ1v) is 6.52. The largest absolute Gasteiger partial charge is 0.505 e. The van der Waals surface area contributed by atoms with Crippen LogP contribution >= 0.6 is 0 Å². The molecule has 1 aromatic carbocycles. The molecule has 0 aliphatic heterocycles. The van der Waals surface area contributed by atoms with Crippen LogP contribution in [0, 0.1) is 11.6 Å². The normalized spacial score (nSPS) is 14.3. The van der Waals surface area contributed by atoms with Gasteiger partial charge in [-0.1, -0.05) is 0 Å². The third kappa shape index (κ3) is 5.12. The number of aliphatic hydroxyl groups is 2. The van der Waals surface area contributed by atoms with Gasteiger partial charge < -0.3 is 25.4 Å². The minimum Gasteiger partial charge on any atom is -0.505 e. The average Bonchev–Trinajstić information content (AvgIpc) is 2.38. The maximum Gasteiger partial charge on any atom is 0.407 e. The van der Waals surface area contributed by atoms with Crippen molar-refractivity contribution in [2.24, 2.45) is 0 Å². The zero-order valence-electron chi connectivity index (χ0n) is 12.4. The van der Waals surface area contributed by atoms with Crippen LogP contribution in [0.5, 0.6) is 5.75 Å². The maximum absolute atomic E-state index is 13.1. The standard InChI is InChI=1S/C14H19F2NO5/c1-14(2,3)22-13(21)17-6-10(19)12(20)7-4-8(15)11(16)9(18)5-7/h4-5,10,12,18-20H,6H2,1-3H3,(H,17,21). The monoisotopic (exact) mass is 319 g/mol. The molecule has 8 heteroatoms. The number of phenols is 1. The van der Waals surface area contributed by atoms with Gasteiger partial charge in [-0.05, 0) is 38.5 Å². The van der Waals surface area contributed by atoms with Gasteiger partial charge >= 0.3 is 6.09 Å². The molecule has 2 unspecified atom stereocenters. The van der Waals surface area contributed by atoms with Crippen molar-refractivity contribution in [3.05, 3.63) is 29.3 Å². The minimum atomic E-state index is -1.63. The summed E-state index contributed by atoms with van der Waals surface area (Å²) >= 11 is 0. The third-order valence-corrected chi connectivity index (χ3v) is 2.59. The molecule has 0 heterocycles. The van der Waals surface area contributed by atoms with Crippen molar-refractivity contribution in [1.82, 2.24) is 5.32 Å². The molecule has 0 radical (unpaired) electrons. The fourth-order valence-electron chi connectivity index (χ4n) is 1.60. The van der Waals surface area contributed by atoms with E-state index in [-0.39, 0.29) is 12.1 Å². The van der Waals surface area contributed by atoms with Crippen molar-refractivity contribution in [2.45, 2.75) is 38.6 Å². The number of amides is 1. The third-order valence-electron chi connectivity index (χ3n) is 2.59. The fraction of sp³-hybridized carbons (Fsp3) is 0.500. The van der Waals surface area contributed by atoms with Crippen molar-refractivity contribution >= 4 is 6.09 Å². The predicted octanol–water partition coefficient (Wildman–Crippen LogP) is 1.59. The molecule has 2 atom stereocenters. The number of ether oxygens (including phenoxy) is 1. The van der Waals surface area contributed by atoms with Crippen molar-refractivity contribution in [1.29, 1.82) is 0 Å². The lowest BCUT2D eigenvalue weighted by atomic mass is 10.0. The number of rotatable bonds is 4. The first-order chi connectivity index (χ1) is 10.0. The maximum atomic E-state index is 13.1. The van der Waals surface area contributed by atoms with Gasteiger partial charge in [-0.3, -0.25) is 0 Å². The Morgan fingerprint density at radius 3 is 2.41 bits per heavy atom. The molecule has 0 bridgehead atoms. The second-order valence-corrected chi connectivity index (χ2v) is 5.73. The molecule has 0 fully saturated rings. The molecule has 0 aliphatic carbocycles. The Hall–Kier alpha value is -1.93. The SMILES string of the molecule is CC(C)(C)OC(=O)NCC(O)C(O)c1cc(O)c(F)c(F)c1. The number of alkyl carbamates (subject to hydrolysis) is 1. The molecule has 1 rings (SSSR count). The Balaban J connectivity index is 2.66. The van der Waals surface area contributed by atoms with Crippen molar-refractivity contribution in [3.63, 3.8) is 0 Å².